The molecule has 0 spiro atoms. The fourth-order valence-electron chi connectivity index (χ4n) is 3.08. The molecule has 1 aliphatic rings. The lowest BCUT2D eigenvalue weighted by Crippen LogP contribution is -2.25. The third-order valence-corrected chi connectivity index (χ3v) is 5.57. The first kappa shape index (κ1) is 15.9. The Bertz CT molecular complexity index is 400. The second-order valence-corrected chi connectivity index (χ2v) is 8.22. The van der Waals surface area contributed by atoms with E-state index in [2.05, 4.69) is 43.2 Å². The lowest BCUT2D eigenvalue weighted by molar-refractivity contribution is 0.169. The molecule has 0 saturated heterocycles. The van der Waals surface area contributed by atoms with Gasteiger partial charge in [0.1, 0.15) is 10.0 Å². The van der Waals surface area contributed by atoms with Crippen molar-refractivity contribution in [1.29, 1.82) is 0 Å². The molecular weight excluding hydrogens is 266 g/mol. The normalized spacial score (nSPS) is 24.0. The average Bonchev–Trinajstić information content (AvgIpc) is 2.87. The average molecular weight is 295 g/mol. The van der Waals surface area contributed by atoms with E-state index in [1.165, 1.54) is 37.1 Å². The third-order valence-electron chi connectivity index (χ3n) is 4.49. The van der Waals surface area contributed by atoms with Crippen molar-refractivity contribution in [2.24, 2.45) is 11.3 Å². The van der Waals surface area contributed by atoms with Crippen LogP contribution in [0.15, 0.2) is 0 Å². The summed E-state index contributed by atoms with van der Waals surface area (Å²) in [6.07, 6.45) is 6.44. The van der Waals surface area contributed by atoms with Gasteiger partial charge in [0, 0.05) is 12.5 Å². The van der Waals surface area contributed by atoms with Crippen LogP contribution in [0.1, 0.15) is 75.7 Å². The minimum absolute atomic E-state index is 0.460. The van der Waals surface area contributed by atoms with E-state index in [0.29, 0.717) is 11.3 Å². The van der Waals surface area contributed by atoms with Crippen LogP contribution < -0.4 is 5.32 Å². The highest BCUT2D eigenvalue weighted by molar-refractivity contribution is 7.11. The van der Waals surface area contributed by atoms with Crippen LogP contribution in [0.5, 0.6) is 0 Å². The SMILES string of the molecule is CCCNCc1nnc(C2CCC(C(C)(C)C)CC2)s1. The zero-order valence-corrected chi connectivity index (χ0v) is 14.2. The number of hydrogen-bond acceptors (Lipinski definition) is 4. The van der Waals surface area contributed by atoms with Crippen LogP contribution in [0.3, 0.4) is 0 Å². The van der Waals surface area contributed by atoms with Crippen LogP contribution in [-0.2, 0) is 6.54 Å². The van der Waals surface area contributed by atoms with E-state index in [1.54, 1.807) is 0 Å². The molecule has 3 nitrogen and oxygen atoms in total. The molecule has 1 heterocycles. The first-order valence-corrected chi connectivity index (χ1v) is 8.85. The van der Waals surface area contributed by atoms with Gasteiger partial charge in [-0.2, -0.15) is 0 Å². The summed E-state index contributed by atoms with van der Waals surface area (Å²) < 4.78 is 0. The highest BCUT2D eigenvalue weighted by Gasteiger charge is 2.31. The molecule has 20 heavy (non-hydrogen) atoms. The fraction of sp³-hybridized carbons (Fsp3) is 0.875. The number of rotatable bonds is 5. The topological polar surface area (TPSA) is 37.8 Å². The summed E-state index contributed by atoms with van der Waals surface area (Å²) in [5.41, 5.74) is 0.460. The van der Waals surface area contributed by atoms with E-state index in [9.17, 15) is 0 Å². The smallest absolute Gasteiger partial charge is 0.131 e. The second kappa shape index (κ2) is 6.99. The van der Waals surface area contributed by atoms with E-state index < -0.39 is 0 Å². The van der Waals surface area contributed by atoms with Crippen molar-refractivity contribution in [3.05, 3.63) is 10.0 Å². The Labute approximate surface area is 127 Å². The monoisotopic (exact) mass is 295 g/mol. The zero-order chi connectivity index (χ0) is 14.6. The van der Waals surface area contributed by atoms with E-state index in [0.717, 1.165) is 24.0 Å². The molecule has 0 atom stereocenters. The Morgan fingerprint density at radius 3 is 2.45 bits per heavy atom. The van der Waals surface area contributed by atoms with Crippen LogP contribution >= 0.6 is 11.3 Å². The summed E-state index contributed by atoms with van der Waals surface area (Å²) in [6, 6.07) is 0. The van der Waals surface area contributed by atoms with Crippen LogP contribution in [0.2, 0.25) is 0 Å². The Balaban J connectivity index is 1.84. The molecule has 0 radical (unpaired) electrons. The predicted molar refractivity (Wildman–Crippen MR) is 86.1 cm³/mol. The maximum atomic E-state index is 4.43. The van der Waals surface area contributed by atoms with Gasteiger partial charge in [-0.15, -0.1) is 10.2 Å². The van der Waals surface area contributed by atoms with E-state index >= 15 is 0 Å². The van der Waals surface area contributed by atoms with Crippen LogP contribution in [0.4, 0.5) is 0 Å². The molecule has 1 saturated carbocycles. The molecule has 0 unspecified atom stereocenters. The van der Waals surface area contributed by atoms with Gasteiger partial charge in [-0.25, -0.2) is 0 Å². The predicted octanol–water partition coefficient (Wildman–Crippen LogP) is 4.36. The van der Waals surface area contributed by atoms with Gasteiger partial charge in [0.05, 0.1) is 0 Å². The van der Waals surface area contributed by atoms with Crippen molar-refractivity contribution in [2.45, 2.75) is 72.3 Å². The first-order valence-electron chi connectivity index (χ1n) is 8.03. The molecular formula is C16H29N3S. The Morgan fingerprint density at radius 2 is 1.85 bits per heavy atom. The van der Waals surface area contributed by atoms with Crippen molar-refractivity contribution < 1.29 is 0 Å². The third kappa shape index (κ3) is 4.26. The molecule has 1 fully saturated rings. The maximum absolute atomic E-state index is 4.43. The van der Waals surface area contributed by atoms with Gasteiger partial charge < -0.3 is 5.32 Å². The Hall–Kier alpha value is -0.480. The molecule has 1 aromatic rings. The van der Waals surface area contributed by atoms with Gasteiger partial charge in [0.15, 0.2) is 0 Å². The second-order valence-electron chi connectivity index (χ2n) is 7.13. The lowest BCUT2D eigenvalue weighted by Gasteiger charge is -2.36. The van der Waals surface area contributed by atoms with Crippen LogP contribution in [0, 0.1) is 11.3 Å². The highest BCUT2D eigenvalue weighted by atomic mass is 32.1. The first-order chi connectivity index (χ1) is 9.50. The molecule has 2 rings (SSSR count). The molecule has 0 amide bonds. The molecule has 114 valence electrons. The Kier molecular flexibility index (Phi) is 5.56. The summed E-state index contributed by atoms with van der Waals surface area (Å²) in [5, 5.41) is 14.6. The quantitative estimate of drug-likeness (QED) is 0.820. The summed E-state index contributed by atoms with van der Waals surface area (Å²) >= 11 is 1.81. The fourth-order valence-corrected chi connectivity index (χ4v) is 4.06. The zero-order valence-electron chi connectivity index (χ0n) is 13.4. The summed E-state index contributed by atoms with van der Waals surface area (Å²) in [6.45, 7) is 11.3. The molecule has 0 bridgehead atoms. The maximum Gasteiger partial charge on any atom is 0.131 e. The van der Waals surface area contributed by atoms with Gasteiger partial charge in [-0.1, -0.05) is 39.0 Å². The van der Waals surface area contributed by atoms with Crippen molar-refractivity contribution >= 4 is 11.3 Å². The molecule has 1 aromatic heterocycles. The van der Waals surface area contributed by atoms with Crippen molar-refractivity contribution in [3.8, 4) is 0 Å². The van der Waals surface area contributed by atoms with Crippen molar-refractivity contribution in [3.63, 3.8) is 0 Å². The highest BCUT2D eigenvalue weighted by Crippen LogP contribution is 2.43. The van der Waals surface area contributed by atoms with Gasteiger partial charge in [-0.05, 0) is 50.0 Å². The lowest BCUT2D eigenvalue weighted by atomic mass is 9.70. The number of nitrogens with zero attached hydrogens (tertiary/aromatic N) is 2. The summed E-state index contributed by atoms with van der Waals surface area (Å²) in [5.74, 6) is 1.53. The van der Waals surface area contributed by atoms with E-state index in [4.69, 9.17) is 0 Å². The van der Waals surface area contributed by atoms with Crippen LogP contribution in [0.25, 0.3) is 0 Å². The number of aromatic nitrogens is 2. The van der Waals surface area contributed by atoms with Gasteiger partial charge in [0.25, 0.3) is 0 Å². The van der Waals surface area contributed by atoms with E-state index in [1.807, 2.05) is 11.3 Å². The molecule has 1 aliphatic carbocycles. The Morgan fingerprint density at radius 1 is 1.15 bits per heavy atom. The van der Waals surface area contributed by atoms with Crippen molar-refractivity contribution in [1.82, 2.24) is 15.5 Å². The molecule has 0 aromatic carbocycles. The molecule has 4 heteroatoms. The van der Waals surface area contributed by atoms with Crippen LogP contribution in [-0.4, -0.2) is 16.7 Å². The van der Waals surface area contributed by atoms with E-state index in [-0.39, 0.29) is 0 Å². The summed E-state index contributed by atoms with van der Waals surface area (Å²) in [4.78, 5) is 0. The van der Waals surface area contributed by atoms with Gasteiger partial charge in [0.2, 0.25) is 0 Å². The number of nitrogens with one attached hydrogen (secondary N) is 1. The van der Waals surface area contributed by atoms with Gasteiger partial charge in [-0.3, -0.25) is 0 Å². The number of hydrogen-bond donors (Lipinski definition) is 1. The molecule has 0 aliphatic heterocycles. The minimum atomic E-state index is 0.460. The molecule has 1 N–H and O–H groups in total. The largest absolute Gasteiger partial charge is 0.310 e. The minimum Gasteiger partial charge on any atom is -0.310 e. The van der Waals surface area contributed by atoms with Crippen molar-refractivity contribution in [2.75, 3.05) is 6.54 Å². The standard InChI is InChI=1S/C16H29N3S/c1-5-10-17-11-14-18-19-15(20-14)12-6-8-13(9-7-12)16(2,3)4/h12-13,17H,5-11H2,1-4H3. The summed E-state index contributed by atoms with van der Waals surface area (Å²) in [7, 11) is 0. The van der Waals surface area contributed by atoms with Gasteiger partial charge >= 0.3 is 0 Å².